The average molecular weight is 322 g/mol. The minimum absolute atomic E-state index is 0.0741. The monoisotopic (exact) mass is 321 g/mol. The Morgan fingerprint density at radius 1 is 1.18 bits per heavy atom. The quantitative estimate of drug-likeness (QED) is 0.736. The first-order valence-corrected chi connectivity index (χ1v) is 6.58. The summed E-state index contributed by atoms with van der Waals surface area (Å²) in [5, 5.41) is 21.2. The molecule has 6 nitrogen and oxygen atoms in total. The van der Waals surface area contributed by atoms with Gasteiger partial charge in [0.2, 0.25) is 0 Å². The third-order valence-corrected chi connectivity index (χ3v) is 2.91. The van der Waals surface area contributed by atoms with Gasteiger partial charge >= 0.3 is 5.97 Å². The number of aromatic carboxylic acids is 1. The lowest BCUT2D eigenvalue weighted by molar-refractivity contribution is -0.118. The average Bonchev–Trinajstić information content (AvgIpc) is 2.47. The Kier molecular flexibility index (Phi) is 4.85. The fourth-order valence-electron chi connectivity index (χ4n) is 1.71. The number of aromatic hydroxyl groups is 1. The second-order valence-electron chi connectivity index (χ2n) is 4.33. The van der Waals surface area contributed by atoms with E-state index in [1.807, 2.05) is 0 Å². The molecule has 7 heteroatoms. The van der Waals surface area contributed by atoms with Crippen molar-refractivity contribution >= 4 is 29.2 Å². The third kappa shape index (κ3) is 4.13. The number of halogens is 1. The SMILES string of the molecule is O=C(COc1cccc(Cl)c1)Nc1ccc(O)cc1C(=O)O. The van der Waals surface area contributed by atoms with Crippen LogP contribution in [0.5, 0.6) is 11.5 Å². The van der Waals surface area contributed by atoms with Crippen molar-refractivity contribution < 1.29 is 24.5 Å². The number of anilines is 1. The summed E-state index contributed by atoms with van der Waals surface area (Å²) in [5.74, 6) is -1.58. The highest BCUT2D eigenvalue weighted by Crippen LogP contribution is 2.21. The molecule has 0 bridgehead atoms. The van der Waals surface area contributed by atoms with E-state index in [2.05, 4.69) is 5.32 Å². The minimum atomic E-state index is -1.26. The summed E-state index contributed by atoms with van der Waals surface area (Å²) in [4.78, 5) is 22.9. The first kappa shape index (κ1) is 15.7. The van der Waals surface area contributed by atoms with E-state index in [0.29, 0.717) is 10.8 Å². The van der Waals surface area contributed by atoms with Gasteiger partial charge in [-0.25, -0.2) is 4.79 Å². The number of nitrogens with one attached hydrogen (secondary N) is 1. The van der Waals surface area contributed by atoms with Gasteiger partial charge in [0.25, 0.3) is 5.91 Å². The summed E-state index contributed by atoms with van der Waals surface area (Å²) in [6.45, 7) is -0.305. The number of amides is 1. The molecule has 0 aromatic heterocycles. The topological polar surface area (TPSA) is 95.9 Å². The number of ether oxygens (including phenoxy) is 1. The zero-order valence-corrected chi connectivity index (χ0v) is 12.0. The second-order valence-corrected chi connectivity index (χ2v) is 4.77. The van der Waals surface area contributed by atoms with E-state index in [-0.39, 0.29) is 23.6 Å². The molecule has 0 aliphatic heterocycles. The van der Waals surface area contributed by atoms with E-state index in [1.165, 1.54) is 12.1 Å². The maximum Gasteiger partial charge on any atom is 0.337 e. The van der Waals surface area contributed by atoms with E-state index in [1.54, 1.807) is 24.3 Å². The first-order valence-electron chi connectivity index (χ1n) is 6.20. The Balaban J connectivity index is 2.02. The van der Waals surface area contributed by atoms with Crippen LogP contribution < -0.4 is 10.1 Å². The highest BCUT2D eigenvalue weighted by Gasteiger charge is 2.13. The summed E-state index contributed by atoms with van der Waals surface area (Å²) >= 11 is 5.79. The van der Waals surface area contributed by atoms with Gasteiger partial charge in [0.1, 0.15) is 11.5 Å². The molecule has 2 rings (SSSR count). The number of hydrogen-bond acceptors (Lipinski definition) is 4. The Morgan fingerprint density at radius 2 is 1.95 bits per heavy atom. The van der Waals surface area contributed by atoms with E-state index < -0.39 is 11.9 Å². The van der Waals surface area contributed by atoms with Crippen LogP contribution in [0.15, 0.2) is 42.5 Å². The summed E-state index contributed by atoms with van der Waals surface area (Å²) in [6, 6.07) is 10.2. The molecule has 0 aliphatic rings. The number of benzene rings is 2. The van der Waals surface area contributed by atoms with Crippen LogP contribution in [0, 0.1) is 0 Å². The molecule has 22 heavy (non-hydrogen) atoms. The van der Waals surface area contributed by atoms with Crippen molar-refractivity contribution in [3.05, 3.63) is 53.1 Å². The van der Waals surface area contributed by atoms with Crippen molar-refractivity contribution in [1.82, 2.24) is 0 Å². The standard InChI is InChI=1S/C15H12ClNO5/c16-9-2-1-3-11(6-9)22-8-14(19)17-13-5-4-10(18)7-12(13)15(20)21/h1-7,18H,8H2,(H,17,19)(H,20,21). The predicted octanol–water partition coefficient (Wildman–Crippen LogP) is 2.76. The van der Waals surface area contributed by atoms with Gasteiger partial charge in [-0.15, -0.1) is 0 Å². The van der Waals surface area contributed by atoms with Gasteiger partial charge in [0, 0.05) is 5.02 Å². The molecular formula is C15H12ClNO5. The van der Waals surface area contributed by atoms with Crippen LogP contribution in [0.1, 0.15) is 10.4 Å². The third-order valence-electron chi connectivity index (χ3n) is 2.67. The summed E-state index contributed by atoms with van der Waals surface area (Å²) < 4.78 is 5.25. The molecule has 0 atom stereocenters. The maximum atomic E-state index is 11.8. The van der Waals surface area contributed by atoms with Gasteiger partial charge in [-0.3, -0.25) is 4.79 Å². The molecule has 0 fully saturated rings. The lowest BCUT2D eigenvalue weighted by Gasteiger charge is -2.10. The van der Waals surface area contributed by atoms with E-state index in [0.717, 1.165) is 6.07 Å². The zero-order valence-electron chi connectivity index (χ0n) is 11.2. The van der Waals surface area contributed by atoms with E-state index in [9.17, 15) is 14.7 Å². The van der Waals surface area contributed by atoms with Crippen molar-refractivity contribution in [3.63, 3.8) is 0 Å². The number of phenolic OH excluding ortho intramolecular Hbond substituents is 1. The molecule has 0 saturated heterocycles. The molecule has 0 spiro atoms. The Morgan fingerprint density at radius 3 is 2.64 bits per heavy atom. The molecule has 2 aromatic carbocycles. The van der Waals surface area contributed by atoms with Crippen molar-refractivity contribution in [2.75, 3.05) is 11.9 Å². The smallest absolute Gasteiger partial charge is 0.337 e. The van der Waals surface area contributed by atoms with Gasteiger partial charge in [-0.2, -0.15) is 0 Å². The summed E-state index contributed by atoms with van der Waals surface area (Å²) in [5.41, 5.74) is -0.138. The second kappa shape index (κ2) is 6.82. The number of carboxylic acid groups (broad SMARTS) is 1. The van der Waals surface area contributed by atoms with E-state index in [4.69, 9.17) is 21.4 Å². The largest absolute Gasteiger partial charge is 0.508 e. The number of carbonyl (C=O) groups excluding carboxylic acids is 1. The molecule has 1 amide bonds. The Hall–Kier alpha value is -2.73. The Labute approximate surface area is 130 Å². The summed E-state index contributed by atoms with van der Waals surface area (Å²) in [7, 11) is 0. The molecule has 0 heterocycles. The fraction of sp³-hybridized carbons (Fsp3) is 0.0667. The lowest BCUT2D eigenvalue weighted by atomic mass is 10.1. The fourth-order valence-corrected chi connectivity index (χ4v) is 1.89. The van der Waals surface area contributed by atoms with Gasteiger partial charge in [0.05, 0.1) is 11.3 Å². The number of carboxylic acids is 1. The molecule has 2 aromatic rings. The number of rotatable bonds is 5. The molecule has 0 radical (unpaired) electrons. The van der Waals surface area contributed by atoms with Crippen molar-refractivity contribution in [1.29, 1.82) is 0 Å². The van der Waals surface area contributed by atoms with Crippen LogP contribution in [-0.4, -0.2) is 28.7 Å². The van der Waals surface area contributed by atoms with Gasteiger partial charge in [-0.05, 0) is 36.4 Å². The van der Waals surface area contributed by atoms with Crippen LogP contribution >= 0.6 is 11.6 Å². The normalized spacial score (nSPS) is 10.0. The number of carbonyl (C=O) groups is 2. The van der Waals surface area contributed by atoms with Gasteiger partial charge in [0.15, 0.2) is 6.61 Å². The first-order chi connectivity index (χ1) is 10.5. The Bertz CT molecular complexity index is 717. The lowest BCUT2D eigenvalue weighted by Crippen LogP contribution is -2.21. The molecule has 114 valence electrons. The molecular weight excluding hydrogens is 310 g/mol. The van der Waals surface area contributed by atoms with Crippen LogP contribution in [-0.2, 0) is 4.79 Å². The molecule has 0 saturated carbocycles. The predicted molar refractivity (Wildman–Crippen MR) is 80.6 cm³/mol. The van der Waals surface area contributed by atoms with Crippen molar-refractivity contribution in [2.45, 2.75) is 0 Å². The van der Waals surface area contributed by atoms with Crippen molar-refractivity contribution in [3.8, 4) is 11.5 Å². The minimum Gasteiger partial charge on any atom is -0.508 e. The highest BCUT2D eigenvalue weighted by atomic mass is 35.5. The highest BCUT2D eigenvalue weighted by molar-refractivity contribution is 6.30. The zero-order chi connectivity index (χ0) is 16.1. The number of phenols is 1. The number of hydrogen-bond donors (Lipinski definition) is 3. The van der Waals surface area contributed by atoms with Gasteiger partial charge < -0.3 is 20.3 Å². The molecule has 3 N–H and O–H groups in total. The van der Waals surface area contributed by atoms with Crippen LogP contribution in [0.4, 0.5) is 5.69 Å². The molecule has 0 aliphatic carbocycles. The van der Waals surface area contributed by atoms with Crippen LogP contribution in [0.25, 0.3) is 0 Å². The van der Waals surface area contributed by atoms with Crippen molar-refractivity contribution in [2.24, 2.45) is 0 Å². The van der Waals surface area contributed by atoms with Crippen LogP contribution in [0.3, 0.4) is 0 Å². The van der Waals surface area contributed by atoms with Crippen LogP contribution in [0.2, 0.25) is 5.02 Å². The maximum absolute atomic E-state index is 11.8. The summed E-state index contributed by atoms with van der Waals surface area (Å²) in [6.07, 6.45) is 0. The molecule has 0 unspecified atom stereocenters. The van der Waals surface area contributed by atoms with Gasteiger partial charge in [-0.1, -0.05) is 17.7 Å². The van der Waals surface area contributed by atoms with E-state index >= 15 is 0 Å².